The first kappa shape index (κ1) is 22.7. The summed E-state index contributed by atoms with van der Waals surface area (Å²) in [5.41, 5.74) is 1.08. The van der Waals surface area contributed by atoms with Crippen molar-refractivity contribution in [2.75, 3.05) is 32.2 Å². The molecule has 0 fully saturated rings. The topological polar surface area (TPSA) is 100 Å². The Labute approximate surface area is 175 Å². The number of nitrogens with one attached hydrogen (secondary N) is 1. The minimum absolute atomic E-state index is 0.234. The fraction of sp³-hybridized carbons (Fsp3) is 0.318. The number of ether oxygens (including phenoxy) is 4. The lowest BCUT2D eigenvalue weighted by atomic mass is 10.2. The van der Waals surface area contributed by atoms with Crippen LogP contribution in [-0.4, -0.2) is 44.8 Å². The Bertz CT molecular complexity index is 878. The van der Waals surface area contributed by atoms with Crippen molar-refractivity contribution in [1.29, 1.82) is 0 Å². The van der Waals surface area contributed by atoms with Gasteiger partial charge in [0, 0.05) is 5.69 Å². The highest BCUT2D eigenvalue weighted by molar-refractivity contribution is 5.96. The van der Waals surface area contributed by atoms with Crippen molar-refractivity contribution in [2.45, 2.75) is 20.3 Å². The molecule has 0 aliphatic heterocycles. The average Bonchev–Trinajstić information content (AvgIpc) is 2.76. The van der Waals surface area contributed by atoms with Gasteiger partial charge in [-0.05, 0) is 55.8 Å². The fourth-order valence-corrected chi connectivity index (χ4v) is 2.45. The molecule has 0 aromatic heterocycles. The van der Waals surface area contributed by atoms with Crippen molar-refractivity contribution >= 4 is 23.5 Å². The molecule has 0 radical (unpaired) electrons. The number of methoxy groups -OCH3 is 1. The summed E-state index contributed by atoms with van der Waals surface area (Å²) in [6.07, 6.45) is 0.738. The van der Waals surface area contributed by atoms with E-state index in [1.165, 1.54) is 19.2 Å². The summed E-state index contributed by atoms with van der Waals surface area (Å²) in [6, 6.07) is 10.9. The van der Waals surface area contributed by atoms with E-state index >= 15 is 0 Å². The molecule has 2 rings (SSSR count). The third kappa shape index (κ3) is 6.51. The van der Waals surface area contributed by atoms with Gasteiger partial charge in [-0.15, -0.1) is 0 Å². The number of carbonyl (C=O) groups is 3. The number of rotatable bonds is 10. The normalized spacial score (nSPS) is 10.1. The first-order valence-corrected chi connectivity index (χ1v) is 9.53. The third-order valence-corrected chi connectivity index (χ3v) is 3.88. The maximum atomic E-state index is 12.2. The summed E-state index contributed by atoms with van der Waals surface area (Å²) in [7, 11) is 1.47. The van der Waals surface area contributed by atoms with Gasteiger partial charge in [0.25, 0.3) is 5.91 Å². The first-order valence-electron chi connectivity index (χ1n) is 9.53. The Balaban J connectivity index is 1.88. The van der Waals surface area contributed by atoms with Crippen LogP contribution < -0.4 is 14.8 Å². The predicted octanol–water partition coefficient (Wildman–Crippen LogP) is 3.46. The summed E-state index contributed by atoms with van der Waals surface area (Å²) in [4.78, 5) is 36.0. The number of carbonyl (C=O) groups excluding carboxylic acids is 3. The van der Waals surface area contributed by atoms with Crippen LogP contribution >= 0.6 is 0 Å². The van der Waals surface area contributed by atoms with Crippen molar-refractivity contribution in [3.8, 4) is 11.5 Å². The van der Waals surface area contributed by atoms with Crippen molar-refractivity contribution in [3.63, 3.8) is 0 Å². The number of anilines is 1. The lowest BCUT2D eigenvalue weighted by Gasteiger charge is -2.11. The quantitative estimate of drug-likeness (QED) is 0.593. The Kier molecular flexibility index (Phi) is 8.68. The van der Waals surface area contributed by atoms with Gasteiger partial charge in [0.1, 0.15) is 0 Å². The van der Waals surface area contributed by atoms with Crippen molar-refractivity contribution in [2.24, 2.45) is 0 Å². The molecule has 1 amide bonds. The number of amides is 1. The zero-order valence-corrected chi connectivity index (χ0v) is 17.2. The van der Waals surface area contributed by atoms with E-state index < -0.39 is 24.5 Å². The van der Waals surface area contributed by atoms with Crippen LogP contribution in [0, 0.1) is 0 Å². The van der Waals surface area contributed by atoms with Crippen LogP contribution in [-0.2, 0) is 14.3 Å². The second kappa shape index (κ2) is 11.5. The van der Waals surface area contributed by atoms with Crippen LogP contribution in [0.1, 0.15) is 41.0 Å². The van der Waals surface area contributed by atoms with E-state index in [1.807, 2.05) is 13.8 Å². The van der Waals surface area contributed by atoms with Gasteiger partial charge in [0.05, 0.1) is 31.5 Å². The number of esters is 2. The molecule has 0 spiro atoms. The van der Waals surface area contributed by atoms with Gasteiger partial charge < -0.3 is 24.3 Å². The molecule has 0 aliphatic rings. The largest absolute Gasteiger partial charge is 0.493 e. The van der Waals surface area contributed by atoms with E-state index in [4.69, 9.17) is 18.9 Å². The number of hydrogen-bond acceptors (Lipinski definition) is 7. The lowest BCUT2D eigenvalue weighted by molar-refractivity contribution is -0.119. The van der Waals surface area contributed by atoms with Crippen LogP contribution in [0.15, 0.2) is 42.5 Å². The molecule has 0 saturated carbocycles. The maximum absolute atomic E-state index is 12.2. The fourth-order valence-electron chi connectivity index (χ4n) is 2.45. The van der Waals surface area contributed by atoms with Gasteiger partial charge in [0.2, 0.25) is 0 Å². The summed E-state index contributed by atoms with van der Waals surface area (Å²) >= 11 is 0. The molecule has 0 aliphatic carbocycles. The third-order valence-electron chi connectivity index (χ3n) is 3.88. The monoisotopic (exact) mass is 415 g/mol. The van der Waals surface area contributed by atoms with E-state index in [9.17, 15) is 14.4 Å². The molecule has 8 nitrogen and oxygen atoms in total. The number of benzene rings is 2. The second-order valence-corrected chi connectivity index (χ2v) is 6.14. The van der Waals surface area contributed by atoms with Crippen molar-refractivity contribution in [3.05, 3.63) is 53.6 Å². The van der Waals surface area contributed by atoms with Crippen LogP contribution in [0.5, 0.6) is 11.5 Å². The summed E-state index contributed by atoms with van der Waals surface area (Å²) in [6.45, 7) is 4.09. The Morgan fingerprint density at radius 3 is 2.17 bits per heavy atom. The minimum atomic E-state index is -0.666. The SMILES string of the molecule is CCCOC(=O)c1ccc(NC(=O)COC(=O)c2ccc(OCC)c(OC)c2)cc1. The van der Waals surface area contributed by atoms with Crippen LogP contribution in [0.4, 0.5) is 5.69 Å². The predicted molar refractivity (Wildman–Crippen MR) is 110 cm³/mol. The highest BCUT2D eigenvalue weighted by Crippen LogP contribution is 2.28. The molecule has 2 aromatic carbocycles. The standard InChI is InChI=1S/C22H25NO7/c1-4-12-29-21(25)15-6-9-17(10-7-15)23-20(24)14-30-22(26)16-8-11-18(28-5-2)19(13-16)27-3/h6-11,13H,4-5,12,14H2,1-3H3,(H,23,24). The van der Waals surface area contributed by atoms with E-state index in [-0.39, 0.29) is 5.56 Å². The Hall–Kier alpha value is -3.55. The van der Waals surface area contributed by atoms with E-state index in [1.54, 1.807) is 30.3 Å². The van der Waals surface area contributed by atoms with E-state index in [0.29, 0.717) is 36.0 Å². The molecular weight excluding hydrogens is 390 g/mol. The molecule has 0 atom stereocenters. The average molecular weight is 415 g/mol. The van der Waals surface area contributed by atoms with Gasteiger partial charge in [-0.2, -0.15) is 0 Å². The smallest absolute Gasteiger partial charge is 0.338 e. The van der Waals surface area contributed by atoms with Crippen LogP contribution in [0.3, 0.4) is 0 Å². The van der Waals surface area contributed by atoms with Gasteiger partial charge in [-0.25, -0.2) is 9.59 Å². The highest BCUT2D eigenvalue weighted by atomic mass is 16.5. The summed E-state index contributed by atoms with van der Waals surface area (Å²) in [5, 5.41) is 2.59. The van der Waals surface area contributed by atoms with Crippen molar-refractivity contribution < 1.29 is 33.3 Å². The van der Waals surface area contributed by atoms with Gasteiger partial charge in [0.15, 0.2) is 18.1 Å². The summed E-state index contributed by atoms with van der Waals surface area (Å²) in [5.74, 6) is -0.692. The summed E-state index contributed by atoms with van der Waals surface area (Å²) < 4.78 is 20.7. The maximum Gasteiger partial charge on any atom is 0.338 e. The van der Waals surface area contributed by atoms with Gasteiger partial charge in [-0.3, -0.25) is 4.79 Å². The Morgan fingerprint density at radius 1 is 0.867 bits per heavy atom. The molecule has 2 aromatic rings. The molecule has 0 saturated heterocycles. The van der Waals surface area contributed by atoms with E-state index in [0.717, 1.165) is 6.42 Å². The molecule has 160 valence electrons. The molecule has 0 unspecified atom stereocenters. The van der Waals surface area contributed by atoms with Crippen LogP contribution in [0.2, 0.25) is 0 Å². The second-order valence-electron chi connectivity index (χ2n) is 6.14. The number of hydrogen-bond donors (Lipinski definition) is 1. The molecule has 30 heavy (non-hydrogen) atoms. The van der Waals surface area contributed by atoms with Gasteiger partial charge in [-0.1, -0.05) is 6.92 Å². The van der Waals surface area contributed by atoms with Crippen molar-refractivity contribution in [1.82, 2.24) is 0 Å². The Morgan fingerprint density at radius 2 is 1.53 bits per heavy atom. The lowest BCUT2D eigenvalue weighted by Crippen LogP contribution is -2.21. The molecule has 0 heterocycles. The minimum Gasteiger partial charge on any atom is -0.493 e. The molecule has 1 N–H and O–H groups in total. The van der Waals surface area contributed by atoms with E-state index in [2.05, 4.69) is 5.32 Å². The zero-order chi connectivity index (χ0) is 21.9. The van der Waals surface area contributed by atoms with Gasteiger partial charge >= 0.3 is 11.9 Å². The molecular formula is C22H25NO7. The first-order chi connectivity index (χ1) is 14.5. The van der Waals surface area contributed by atoms with Crippen LogP contribution in [0.25, 0.3) is 0 Å². The zero-order valence-electron chi connectivity index (χ0n) is 17.2. The molecule has 0 bridgehead atoms. The highest BCUT2D eigenvalue weighted by Gasteiger charge is 2.14. The molecule has 8 heteroatoms.